The van der Waals surface area contributed by atoms with Crippen molar-refractivity contribution in [1.29, 1.82) is 0 Å². The van der Waals surface area contributed by atoms with Crippen molar-refractivity contribution in [2.75, 3.05) is 12.4 Å². The van der Waals surface area contributed by atoms with E-state index in [2.05, 4.69) is 15.3 Å². The smallest absolute Gasteiger partial charge is 0.225 e. The van der Waals surface area contributed by atoms with E-state index in [1.54, 1.807) is 7.11 Å². The first-order chi connectivity index (χ1) is 11.0. The quantitative estimate of drug-likeness (QED) is 0.593. The van der Waals surface area contributed by atoms with Crippen molar-refractivity contribution in [2.45, 2.75) is 13.5 Å². The Morgan fingerprint density at radius 3 is 2.70 bits per heavy atom. The number of fused-ring (bicyclic) bond motifs is 1. The summed E-state index contributed by atoms with van der Waals surface area (Å²) < 4.78 is 5.15. The molecule has 1 N–H and O–H groups in total. The Morgan fingerprint density at radius 1 is 1.22 bits per heavy atom. The molecule has 0 atom stereocenters. The lowest BCUT2D eigenvalue weighted by Gasteiger charge is -2.09. The third kappa shape index (κ3) is 3.33. The fourth-order valence-electron chi connectivity index (χ4n) is 2.19. The number of halogens is 3. The molecule has 4 nitrogen and oxygen atoms in total. The van der Waals surface area contributed by atoms with Gasteiger partial charge in [-0.3, -0.25) is 0 Å². The van der Waals surface area contributed by atoms with Crippen LogP contribution in [0.4, 0.5) is 5.82 Å². The summed E-state index contributed by atoms with van der Waals surface area (Å²) in [4.78, 5) is 10.2. The van der Waals surface area contributed by atoms with Crippen LogP contribution in [0.1, 0.15) is 10.4 Å². The van der Waals surface area contributed by atoms with Crippen molar-refractivity contribution >= 4 is 62.2 Å². The number of nitrogens with zero attached hydrogens (tertiary/aromatic N) is 2. The first-order valence-corrected chi connectivity index (χ1v) is 8.63. The van der Waals surface area contributed by atoms with Crippen LogP contribution in [0, 0.1) is 6.92 Å². The lowest BCUT2D eigenvalue weighted by molar-refractivity contribution is 0.415. The predicted molar refractivity (Wildman–Crippen MR) is 97.5 cm³/mol. The zero-order valence-electron chi connectivity index (χ0n) is 12.3. The van der Waals surface area contributed by atoms with Crippen molar-refractivity contribution in [1.82, 2.24) is 9.97 Å². The van der Waals surface area contributed by atoms with Gasteiger partial charge in [-0.2, -0.15) is 0 Å². The lowest BCUT2D eigenvalue weighted by atomic mass is 10.2. The Morgan fingerprint density at radius 2 is 2.00 bits per heavy atom. The summed E-state index contributed by atoms with van der Waals surface area (Å²) in [6.07, 6.45) is 0. The average Bonchev–Trinajstić information content (AvgIpc) is 2.79. The number of hydrogen-bond donors (Lipinski definition) is 1. The number of benzene rings is 1. The predicted octanol–water partition coefficient (Wildman–Crippen LogP) is 5.58. The Balaban J connectivity index is 1.91. The average molecular weight is 389 g/mol. The molecule has 0 spiro atoms. The highest BCUT2D eigenvalue weighted by atomic mass is 35.5. The summed E-state index contributed by atoms with van der Waals surface area (Å²) in [7, 11) is 1.58. The maximum atomic E-state index is 6.36. The van der Waals surface area contributed by atoms with Crippen LogP contribution in [-0.2, 0) is 6.54 Å². The molecule has 3 rings (SSSR count). The molecule has 0 bridgehead atoms. The molecule has 0 aliphatic heterocycles. The second-order valence-electron chi connectivity index (χ2n) is 4.82. The first kappa shape index (κ1) is 16.6. The molecule has 0 aliphatic rings. The van der Waals surface area contributed by atoms with E-state index < -0.39 is 0 Å². The Labute approximate surface area is 152 Å². The van der Waals surface area contributed by atoms with Gasteiger partial charge in [0.1, 0.15) is 16.4 Å². The van der Waals surface area contributed by atoms with Gasteiger partial charge in [-0.15, -0.1) is 11.3 Å². The summed E-state index contributed by atoms with van der Waals surface area (Å²) in [6.45, 7) is 2.47. The number of nitrogens with one attached hydrogen (secondary N) is 1. The van der Waals surface area contributed by atoms with Crippen LogP contribution >= 0.6 is 46.1 Å². The Kier molecular flexibility index (Phi) is 4.82. The van der Waals surface area contributed by atoms with Gasteiger partial charge in [0.05, 0.1) is 22.5 Å². The summed E-state index contributed by atoms with van der Waals surface area (Å²) in [6, 6.07) is 5.59. The number of ether oxygens (including phenoxy) is 1. The van der Waals surface area contributed by atoms with Crippen LogP contribution in [-0.4, -0.2) is 17.1 Å². The Hall–Kier alpha value is -1.27. The largest absolute Gasteiger partial charge is 0.495 e. The summed E-state index contributed by atoms with van der Waals surface area (Å²) >= 11 is 20.0. The molecule has 0 unspecified atom stereocenters. The number of rotatable bonds is 4. The highest BCUT2D eigenvalue weighted by molar-refractivity contribution is 7.19. The van der Waals surface area contributed by atoms with Crippen molar-refractivity contribution in [3.8, 4) is 5.75 Å². The standard InChI is InChI=1S/C15H12Cl3N3OS/c1-7-12(17)11-13(20-15(18)21-14(11)23-7)19-6-8-3-4-10(22-2)9(16)5-8/h3-5H,6H2,1-2H3,(H,19,20,21). The van der Waals surface area contributed by atoms with Gasteiger partial charge in [0.15, 0.2) is 0 Å². The molecule has 0 amide bonds. The number of thiophene rings is 1. The van der Waals surface area contributed by atoms with Gasteiger partial charge in [-0.1, -0.05) is 29.3 Å². The molecule has 3 aromatic rings. The third-order valence-electron chi connectivity index (χ3n) is 3.30. The first-order valence-electron chi connectivity index (χ1n) is 6.68. The maximum absolute atomic E-state index is 6.36. The molecule has 0 radical (unpaired) electrons. The zero-order chi connectivity index (χ0) is 16.6. The lowest BCUT2D eigenvalue weighted by Crippen LogP contribution is -2.03. The fourth-order valence-corrected chi connectivity index (χ4v) is 3.95. The minimum Gasteiger partial charge on any atom is -0.495 e. The molecule has 120 valence electrons. The summed E-state index contributed by atoms with van der Waals surface area (Å²) in [5, 5.41) is 5.43. The summed E-state index contributed by atoms with van der Waals surface area (Å²) in [5.74, 6) is 1.25. The second-order valence-corrected chi connectivity index (χ2v) is 7.14. The molecular formula is C15H12Cl3N3OS. The van der Waals surface area contributed by atoms with E-state index >= 15 is 0 Å². The maximum Gasteiger partial charge on any atom is 0.225 e. The molecule has 8 heteroatoms. The summed E-state index contributed by atoms with van der Waals surface area (Å²) in [5.41, 5.74) is 0.988. The van der Waals surface area contributed by atoms with Crippen LogP contribution in [0.5, 0.6) is 5.75 Å². The molecule has 0 saturated heterocycles. The zero-order valence-corrected chi connectivity index (χ0v) is 15.4. The van der Waals surface area contributed by atoms with Crippen molar-refractivity contribution in [3.63, 3.8) is 0 Å². The molecule has 1 aromatic carbocycles. The van der Waals surface area contributed by atoms with E-state index in [0.29, 0.717) is 28.2 Å². The van der Waals surface area contributed by atoms with E-state index in [1.165, 1.54) is 11.3 Å². The molecule has 0 fully saturated rings. The minimum absolute atomic E-state index is 0.186. The number of aryl methyl sites for hydroxylation is 1. The highest BCUT2D eigenvalue weighted by Gasteiger charge is 2.15. The minimum atomic E-state index is 0.186. The molecule has 2 heterocycles. The normalized spacial score (nSPS) is 11.0. The molecule has 23 heavy (non-hydrogen) atoms. The van der Waals surface area contributed by atoms with Gasteiger partial charge >= 0.3 is 0 Å². The van der Waals surface area contributed by atoms with Crippen molar-refractivity contribution in [2.24, 2.45) is 0 Å². The van der Waals surface area contributed by atoms with E-state index in [-0.39, 0.29) is 5.28 Å². The number of hydrogen-bond acceptors (Lipinski definition) is 5. The fraction of sp³-hybridized carbons (Fsp3) is 0.200. The Bertz CT molecular complexity index is 882. The monoisotopic (exact) mass is 387 g/mol. The van der Waals surface area contributed by atoms with Gasteiger partial charge in [0.2, 0.25) is 5.28 Å². The topological polar surface area (TPSA) is 47.0 Å². The van der Waals surface area contributed by atoms with Gasteiger partial charge < -0.3 is 10.1 Å². The van der Waals surface area contributed by atoms with E-state index in [9.17, 15) is 0 Å². The number of aromatic nitrogens is 2. The number of anilines is 1. The van der Waals surface area contributed by atoms with Crippen LogP contribution in [0.25, 0.3) is 10.2 Å². The van der Waals surface area contributed by atoms with Crippen LogP contribution in [0.3, 0.4) is 0 Å². The van der Waals surface area contributed by atoms with E-state index in [0.717, 1.165) is 20.7 Å². The van der Waals surface area contributed by atoms with Crippen molar-refractivity contribution in [3.05, 3.63) is 44.0 Å². The second kappa shape index (κ2) is 6.69. The van der Waals surface area contributed by atoms with Gasteiger partial charge in [0.25, 0.3) is 0 Å². The van der Waals surface area contributed by atoms with Gasteiger partial charge in [0, 0.05) is 11.4 Å². The molecule has 0 aliphatic carbocycles. The van der Waals surface area contributed by atoms with Crippen LogP contribution in [0.15, 0.2) is 18.2 Å². The highest BCUT2D eigenvalue weighted by Crippen LogP contribution is 2.38. The molecule has 2 aromatic heterocycles. The van der Waals surface area contributed by atoms with E-state index in [4.69, 9.17) is 39.5 Å². The van der Waals surface area contributed by atoms with Gasteiger partial charge in [-0.05, 0) is 36.2 Å². The van der Waals surface area contributed by atoms with E-state index in [1.807, 2.05) is 25.1 Å². The van der Waals surface area contributed by atoms with Crippen LogP contribution in [0.2, 0.25) is 15.3 Å². The third-order valence-corrected chi connectivity index (χ3v) is 5.35. The van der Waals surface area contributed by atoms with Gasteiger partial charge in [-0.25, -0.2) is 9.97 Å². The molecule has 0 saturated carbocycles. The van der Waals surface area contributed by atoms with Crippen LogP contribution < -0.4 is 10.1 Å². The molecular weight excluding hydrogens is 377 g/mol. The van der Waals surface area contributed by atoms with Crippen molar-refractivity contribution < 1.29 is 4.74 Å². The number of methoxy groups -OCH3 is 1. The SMILES string of the molecule is COc1ccc(CNc2nc(Cl)nc3sc(C)c(Cl)c23)cc1Cl.